The Labute approximate surface area is 99.7 Å². The zero-order valence-electron chi connectivity index (χ0n) is 11.2. The van der Waals surface area contributed by atoms with Crippen LogP contribution >= 0.6 is 0 Å². The Morgan fingerprint density at radius 3 is 2.19 bits per heavy atom. The molecule has 0 aliphatic rings. The first kappa shape index (κ1) is 13.0. The van der Waals surface area contributed by atoms with Crippen molar-refractivity contribution in [3.8, 4) is 0 Å². The van der Waals surface area contributed by atoms with Crippen molar-refractivity contribution in [3.63, 3.8) is 0 Å². The fourth-order valence-corrected chi connectivity index (χ4v) is 2.03. The van der Waals surface area contributed by atoms with Crippen LogP contribution in [0.4, 0.5) is 5.69 Å². The molecular formula is C14H24N2. The van der Waals surface area contributed by atoms with E-state index >= 15 is 0 Å². The first-order chi connectivity index (χ1) is 7.56. The van der Waals surface area contributed by atoms with Gasteiger partial charge < -0.3 is 10.2 Å². The highest BCUT2D eigenvalue weighted by Gasteiger charge is 2.08. The molecule has 2 nitrogen and oxygen atoms in total. The summed E-state index contributed by atoms with van der Waals surface area (Å²) in [6, 6.07) is 7.27. The Kier molecular flexibility index (Phi) is 4.81. The molecule has 0 aromatic heterocycles. The third-order valence-corrected chi connectivity index (χ3v) is 3.04. The van der Waals surface area contributed by atoms with Crippen LogP contribution < -0.4 is 10.2 Å². The van der Waals surface area contributed by atoms with E-state index < -0.39 is 0 Å². The molecule has 1 aromatic rings. The van der Waals surface area contributed by atoms with Gasteiger partial charge in [-0.3, -0.25) is 0 Å². The highest BCUT2D eigenvalue weighted by Crippen LogP contribution is 2.17. The maximum Gasteiger partial charge on any atom is 0.0369 e. The lowest BCUT2D eigenvalue weighted by atomic mass is 10.1. The molecule has 0 spiro atoms. The fraction of sp³-hybridized carbons (Fsp3) is 0.571. The van der Waals surface area contributed by atoms with Gasteiger partial charge in [-0.1, -0.05) is 13.0 Å². The van der Waals surface area contributed by atoms with Crippen LogP contribution in [0.5, 0.6) is 0 Å². The second-order valence-corrected chi connectivity index (χ2v) is 4.62. The van der Waals surface area contributed by atoms with Crippen molar-refractivity contribution < 1.29 is 0 Å². The molecule has 0 saturated heterocycles. The van der Waals surface area contributed by atoms with Gasteiger partial charge in [0.05, 0.1) is 0 Å². The maximum absolute atomic E-state index is 3.34. The zero-order chi connectivity index (χ0) is 12.1. The molecule has 0 aliphatic heterocycles. The summed E-state index contributed by atoms with van der Waals surface area (Å²) < 4.78 is 0. The van der Waals surface area contributed by atoms with Crippen molar-refractivity contribution in [2.24, 2.45) is 0 Å². The van der Waals surface area contributed by atoms with E-state index in [1.165, 1.54) is 16.8 Å². The minimum absolute atomic E-state index is 0.561. The molecule has 0 aliphatic carbocycles. The lowest BCUT2D eigenvalue weighted by Gasteiger charge is -2.25. The lowest BCUT2D eigenvalue weighted by molar-refractivity contribution is 0.544. The summed E-state index contributed by atoms with van der Waals surface area (Å²) in [6.07, 6.45) is 1.16. The Hall–Kier alpha value is -1.02. The highest BCUT2D eigenvalue weighted by atomic mass is 15.1. The van der Waals surface area contributed by atoms with Gasteiger partial charge in [0.25, 0.3) is 0 Å². The van der Waals surface area contributed by atoms with E-state index in [4.69, 9.17) is 0 Å². The number of rotatable bonds is 5. The second-order valence-electron chi connectivity index (χ2n) is 4.62. The van der Waals surface area contributed by atoms with E-state index in [2.05, 4.69) is 56.2 Å². The molecule has 1 N–H and O–H groups in total. The summed E-state index contributed by atoms with van der Waals surface area (Å²) in [5.74, 6) is 0. The average molecular weight is 220 g/mol. The first-order valence-electron chi connectivity index (χ1n) is 6.03. The van der Waals surface area contributed by atoms with Crippen molar-refractivity contribution in [2.75, 3.05) is 25.5 Å². The summed E-state index contributed by atoms with van der Waals surface area (Å²) in [4.78, 5) is 2.32. The monoisotopic (exact) mass is 220 g/mol. The van der Waals surface area contributed by atoms with Crippen LogP contribution in [0.25, 0.3) is 0 Å². The number of aryl methyl sites for hydroxylation is 2. The Balaban J connectivity index is 2.75. The van der Waals surface area contributed by atoms with E-state index in [-0.39, 0.29) is 0 Å². The Bertz CT molecular complexity index is 309. The summed E-state index contributed by atoms with van der Waals surface area (Å²) in [5.41, 5.74) is 3.98. The molecule has 16 heavy (non-hydrogen) atoms. The third-order valence-electron chi connectivity index (χ3n) is 3.04. The predicted molar refractivity (Wildman–Crippen MR) is 72.3 cm³/mol. The van der Waals surface area contributed by atoms with Crippen LogP contribution in [0.15, 0.2) is 18.2 Å². The summed E-state index contributed by atoms with van der Waals surface area (Å²) >= 11 is 0. The van der Waals surface area contributed by atoms with Crippen molar-refractivity contribution in [2.45, 2.75) is 33.2 Å². The molecule has 1 rings (SSSR count). The Morgan fingerprint density at radius 2 is 1.75 bits per heavy atom. The van der Waals surface area contributed by atoms with Crippen LogP contribution in [0.3, 0.4) is 0 Å². The van der Waals surface area contributed by atoms with Crippen LogP contribution in [0, 0.1) is 13.8 Å². The summed E-state index contributed by atoms with van der Waals surface area (Å²) in [6.45, 7) is 7.58. The number of nitrogens with zero attached hydrogens (tertiary/aromatic N) is 1. The van der Waals surface area contributed by atoms with Gasteiger partial charge in [0, 0.05) is 25.3 Å². The van der Waals surface area contributed by atoms with Gasteiger partial charge >= 0.3 is 0 Å². The largest absolute Gasteiger partial charge is 0.373 e. The molecule has 1 atom stereocenters. The van der Waals surface area contributed by atoms with Gasteiger partial charge in [0.1, 0.15) is 0 Å². The van der Waals surface area contributed by atoms with Crippen LogP contribution in [0.1, 0.15) is 24.5 Å². The molecule has 0 radical (unpaired) electrons. The van der Waals surface area contributed by atoms with Gasteiger partial charge in [0.2, 0.25) is 0 Å². The van der Waals surface area contributed by atoms with Crippen molar-refractivity contribution in [3.05, 3.63) is 29.3 Å². The van der Waals surface area contributed by atoms with Crippen molar-refractivity contribution in [1.29, 1.82) is 0 Å². The number of benzene rings is 1. The SMILES string of the molecule is CCC(CN(C)c1cc(C)cc(C)c1)NC. The molecule has 0 bridgehead atoms. The maximum atomic E-state index is 3.34. The molecule has 0 saturated carbocycles. The first-order valence-corrected chi connectivity index (χ1v) is 6.03. The smallest absolute Gasteiger partial charge is 0.0369 e. The van der Waals surface area contributed by atoms with Crippen LogP contribution in [-0.4, -0.2) is 26.7 Å². The quantitative estimate of drug-likeness (QED) is 0.821. The van der Waals surface area contributed by atoms with E-state index in [1.807, 2.05) is 7.05 Å². The summed E-state index contributed by atoms with van der Waals surface area (Å²) in [7, 11) is 4.19. The molecule has 0 amide bonds. The molecule has 2 heteroatoms. The number of hydrogen-bond donors (Lipinski definition) is 1. The minimum Gasteiger partial charge on any atom is -0.373 e. The fourth-order valence-electron chi connectivity index (χ4n) is 2.03. The number of nitrogens with one attached hydrogen (secondary N) is 1. The molecule has 1 aromatic carbocycles. The standard InChI is InChI=1S/C14H24N2/c1-6-13(15-4)10-16(5)14-8-11(2)7-12(3)9-14/h7-9,13,15H,6,10H2,1-5H3. The average Bonchev–Trinajstić information content (AvgIpc) is 2.24. The van der Waals surface area contributed by atoms with Crippen molar-refractivity contribution in [1.82, 2.24) is 5.32 Å². The molecular weight excluding hydrogens is 196 g/mol. The van der Waals surface area contributed by atoms with E-state index in [0.29, 0.717) is 6.04 Å². The van der Waals surface area contributed by atoms with Crippen LogP contribution in [-0.2, 0) is 0 Å². The predicted octanol–water partition coefficient (Wildman–Crippen LogP) is 2.74. The third kappa shape index (κ3) is 3.53. The lowest BCUT2D eigenvalue weighted by Crippen LogP contribution is -2.37. The summed E-state index contributed by atoms with van der Waals surface area (Å²) in [5, 5.41) is 3.34. The molecule has 1 unspecified atom stereocenters. The number of anilines is 1. The molecule has 0 fully saturated rings. The highest BCUT2D eigenvalue weighted by molar-refractivity contribution is 5.50. The topological polar surface area (TPSA) is 15.3 Å². The van der Waals surface area contributed by atoms with Gasteiger partial charge in [-0.15, -0.1) is 0 Å². The van der Waals surface area contributed by atoms with Crippen molar-refractivity contribution >= 4 is 5.69 Å². The molecule has 0 heterocycles. The van der Waals surface area contributed by atoms with Crippen LogP contribution in [0.2, 0.25) is 0 Å². The number of hydrogen-bond acceptors (Lipinski definition) is 2. The minimum atomic E-state index is 0.561. The van der Waals surface area contributed by atoms with E-state index in [0.717, 1.165) is 13.0 Å². The van der Waals surface area contributed by atoms with Gasteiger partial charge in [0.15, 0.2) is 0 Å². The van der Waals surface area contributed by atoms with Gasteiger partial charge in [-0.05, 0) is 50.6 Å². The second kappa shape index (κ2) is 5.90. The van der Waals surface area contributed by atoms with Gasteiger partial charge in [-0.25, -0.2) is 0 Å². The Morgan fingerprint density at radius 1 is 1.19 bits per heavy atom. The molecule has 90 valence electrons. The number of likely N-dealkylation sites (N-methyl/N-ethyl adjacent to an activating group) is 2. The zero-order valence-corrected chi connectivity index (χ0v) is 11.2. The van der Waals surface area contributed by atoms with E-state index in [9.17, 15) is 0 Å². The van der Waals surface area contributed by atoms with E-state index in [1.54, 1.807) is 0 Å². The normalized spacial score (nSPS) is 12.6. The van der Waals surface area contributed by atoms with Gasteiger partial charge in [-0.2, -0.15) is 0 Å².